The molecule has 0 saturated heterocycles. The smallest absolute Gasteiger partial charge is 0.0480 e. The summed E-state index contributed by atoms with van der Waals surface area (Å²) < 4.78 is 0. The highest BCUT2D eigenvalue weighted by atomic mass is 32.1. The van der Waals surface area contributed by atoms with Crippen molar-refractivity contribution in [3.8, 4) is 0 Å². The van der Waals surface area contributed by atoms with Crippen molar-refractivity contribution in [3.05, 3.63) is 58.3 Å². The molecule has 1 heteroatoms. The average molecular weight is 173 g/mol. The SMILES string of the molecule is [c]1sccc1Cc1ccccc1. The van der Waals surface area contributed by atoms with Gasteiger partial charge in [-0.3, -0.25) is 0 Å². The third-order valence-electron chi connectivity index (χ3n) is 1.76. The Balaban J connectivity index is 2.15. The zero-order valence-corrected chi connectivity index (χ0v) is 7.47. The molecule has 0 aliphatic carbocycles. The molecular formula is C11H9S. The van der Waals surface area contributed by atoms with Gasteiger partial charge in [-0.15, -0.1) is 11.3 Å². The van der Waals surface area contributed by atoms with Crippen molar-refractivity contribution in [2.45, 2.75) is 6.42 Å². The maximum absolute atomic E-state index is 3.23. The van der Waals surface area contributed by atoms with Crippen molar-refractivity contribution in [2.24, 2.45) is 0 Å². The molecular weight excluding hydrogens is 164 g/mol. The third-order valence-corrected chi connectivity index (χ3v) is 2.42. The first kappa shape index (κ1) is 7.56. The molecule has 1 aromatic carbocycles. The molecule has 0 aliphatic rings. The van der Waals surface area contributed by atoms with Gasteiger partial charge in [0.25, 0.3) is 0 Å². The van der Waals surface area contributed by atoms with E-state index in [0.29, 0.717) is 0 Å². The lowest BCUT2D eigenvalue weighted by atomic mass is 10.1. The summed E-state index contributed by atoms with van der Waals surface area (Å²) in [6, 6.07) is 12.6. The number of rotatable bonds is 2. The minimum atomic E-state index is 1.00. The molecule has 2 rings (SSSR count). The van der Waals surface area contributed by atoms with E-state index in [1.54, 1.807) is 11.3 Å². The van der Waals surface area contributed by atoms with Crippen molar-refractivity contribution in [1.82, 2.24) is 0 Å². The van der Waals surface area contributed by atoms with Crippen LogP contribution >= 0.6 is 11.3 Å². The predicted octanol–water partition coefficient (Wildman–Crippen LogP) is 3.14. The van der Waals surface area contributed by atoms with Gasteiger partial charge in [-0.2, -0.15) is 0 Å². The molecule has 1 aromatic heterocycles. The lowest BCUT2D eigenvalue weighted by Gasteiger charge is -1.96. The molecule has 0 bridgehead atoms. The van der Waals surface area contributed by atoms with Gasteiger partial charge in [0.2, 0.25) is 0 Å². The topological polar surface area (TPSA) is 0 Å². The molecule has 1 radical (unpaired) electrons. The summed E-state index contributed by atoms with van der Waals surface area (Å²) in [5.74, 6) is 0. The number of hydrogen-bond donors (Lipinski definition) is 0. The molecule has 12 heavy (non-hydrogen) atoms. The zero-order chi connectivity index (χ0) is 8.23. The van der Waals surface area contributed by atoms with Crippen molar-refractivity contribution in [1.29, 1.82) is 0 Å². The molecule has 0 atom stereocenters. The van der Waals surface area contributed by atoms with Crippen molar-refractivity contribution in [3.63, 3.8) is 0 Å². The van der Waals surface area contributed by atoms with Gasteiger partial charge in [0.15, 0.2) is 0 Å². The van der Waals surface area contributed by atoms with Crippen LogP contribution in [0.5, 0.6) is 0 Å². The molecule has 0 aliphatic heterocycles. The highest BCUT2D eigenvalue weighted by Gasteiger charge is 1.94. The Morgan fingerprint density at radius 2 is 1.92 bits per heavy atom. The summed E-state index contributed by atoms with van der Waals surface area (Å²) >= 11 is 1.63. The van der Waals surface area contributed by atoms with Gasteiger partial charge in [-0.25, -0.2) is 0 Å². The Hall–Kier alpha value is -1.08. The molecule has 0 saturated carbocycles. The normalized spacial score (nSPS) is 10.0. The Labute approximate surface area is 76.5 Å². The molecule has 1 heterocycles. The van der Waals surface area contributed by atoms with Gasteiger partial charge < -0.3 is 0 Å². The van der Waals surface area contributed by atoms with E-state index in [9.17, 15) is 0 Å². The van der Waals surface area contributed by atoms with Gasteiger partial charge in [0.1, 0.15) is 0 Å². The summed E-state index contributed by atoms with van der Waals surface area (Å²) in [7, 11) is 0. The summed E-state index contributed by atoms with van der Waals surface area (Å²) in [6.45, 7) is 0. The summed E-state index contributed by atoms with van der Waals surface area (Å²) in [5.41, 5.74) is 2.64. The van der Waals surface area contributed by atoms with Crippen molar-refractivity contribution < 1.29 is 0 Å². The fourth-order valence-corrected chi connectivity index (χ4v) is 1.76. The van der Waals surface area contributed by atoms with Gasteiger partial charge in [0, 0.05) is 5.38 Å². The maximum Gasteiger partial charge on any atom is 0.0480 e. The second kappa shape index (κ2) is 3.55. The van der Waals surface area contributed by atoms with E-state index in [1.807, 2.05) is 6.07 Å². The summed E-state index contributed by atoms with van der Waals surface area (Å²) in [4.78, 5) is 0. The molecule has 0 fully saturated rings. The summed E-state index contributed by atoms with van der Waals surface area (Å²) in [6.07, 6.45) is 1.00. The Kier molecular flexibility index (Phi) is 2.23. The predicted molar refractivity (Wildman–Crippen MR) is 52.4 cm³/mol. The van der Waals surface area contributed by atoms with Crippen LogP contribution in [0.15, 0.2) is 41.8 Å². The fourth-order valence-electron chi connectivity index (χ4n) is 1.17. The second-order valence-electron chi connectivity index (χ2n) is 2.71. The van der Waals surface area contributed by atoms with Crippen LogP contribution in [0.1, 0.15) is 11.1 Å². The lowest BCUT2D eigenvalue weighted by molar-refractivity contribution is 1.21. The van der Waals surface area contributed by atoms with Crippen LogP contribution in [0.25, 0.3) is 0 Å². The lowest BCUT2D eigenvalue weighted by Crippen LogP contribution is -1.83. The maximum atomic E-state index is 3.23. The van der Waals surface area contributed by atoms with E-state index in [1.165, 1.54) is 11.1 Å². The largest absolute Gasteiger partial charge is 0.143 e. The Bertz CT molecular complexity index is 321. The second-order valence-corrected chi connectivity index (χ2v) is 3.42. The van der Waals surface area contributed by atoms with Crippen LogP contribution in [-0.2, 0) is 6.42 Å². The van der Waals surface area contributed by atoms with E-state index in [0.717, 1.165) is 6.42 Å². The first-order valence-electron chi connectivity index (χ1n) is 3.93. The molecule has 59 valence electrons. The monoisotopic (exact) mass is 173 g/mol. The van der Waals surface area contributed by atoms with E-state index in [-0.39, 0.29) is 0 Å². The Morgan fingerprint density at radius 1 is 1.08 bits per heavy atom. The highest BCUT2D eigenvalue weighted by Crippen LogP contribution is 2.11. The molecule has 0 amide bonds. The van der Waals surface area contributed by atoms with E-state index < -0.39 is 0 Å². The van der Waals surface area contributed by atoms with Gasteiger partial charge in [-0.1, -0.05) is 30.3 Å². The fraction of sp³-hybridized carbons (Fsp3) is 0.0909. The molecule has 0 unspecified atom stereocenters. The standard InChI is InChI=1S/C11H9S/c1-2-4-10(5-3-1)8-11-6-7-12-9-11/h1-7H,8H2. The van der Waals surface area contributed by atoms with Gasteiger partial charge >= 0.3 is 0 Å². The van der Waals surface area contributed by atoms with Crippen LogP contribution in [0.4, 0.5) is 0 Å². The third kappa shape index (κ3) is 1.74. The van der Waals surface area contributed by atoms with E-state index >= 15 is 0 Å². The quantitative estimate of drug-likeness (QED) is 0.654. The number of benzene rings is 1. The van der Waals surface area contributed by atoms with Crippen molar-refractivity contribution in [2.75, 3.05) is 0 Å². The Morgan fingerprint density at radius 3 is 2.58 bits per heavy atom. The molecule has 0 spiro atoms. The van der Waals surface area contributed by atoms with E-state index in [2.05, 4.69) is 41.1 Å². The highest BCUT2D eigenvalue weighted by molar-refractivity contribution is 7.07. The average Bonchev–Trinajstić information content (AvgIpc) is 2.59. The first-order valence-corrected chi connectivity index (χ1v) is 4.81. The van der Waals surface area contributed by atoms with E-state index in [4.69, 9.17) is 0 Å². The molecule has 0 nitrogen and oxygen atoms in total. The zero-order valence-electron chi connectivity index (χ0n) is 6.66. The van der Waals surface area contributed by atoms with Gasteiger partial charge in [-0.05, 0) is 29.0 Å². The van der Waals surface area contributed by atoms with Crippen LogP contribution < -0.4 is 0 Å². The summed E-state index contributed by atoms with van der Waals surface area (Å²) in [5, 5.41) is 5.30. The first-order chi connectivity index (χ1) is 5.95. The number of thiophene rings is 1. The minimum absolute atomic E-state index is 1.00. The van der Waals surface area contributed by atoms with Crippen LogP contribution in [0.3, 0.4) is 0 Å². The minimum Gasteiger partial charge on any atom is -0.143 e. The number of hydrogen-bond acceptors (Lipinski definition) is 1. The molecule has 2 aromatic rings. The van der Waals surface area contributed by atoms with Crippen LogP contribution in [-0.4, -0.2) is 0 Å². The van der Waals surface area contributed by atoms with Crippen LogP contribution in [0.2, 0.25) is 0 Å². The van der Waals surface area contributed by atoms with Gasteiger partial charge in [0.05, 0.1) is 0 Å². The van der Waals surface area contributed by atoms with Crippen molar-refractivity contribution >= 4 is 11.3 Å². The van der Waals surface area contributed by atoms with Crippen LogP contribution in [0, 0.1) is 5.38 Å². The molecule has 0 N–H and O–H groups in total.